The molecular formula is C11H21N. The van der Waals surface area contributed by atoms with E-state index in [0.717, 1.165) is 12.1 Å². The minimum atomic E-state index is 0.877. The number of rotatable bonds is 0. The molecule has 0 aliphatic carbocycles. The fraction of sp³-hybridized carbons (Fsp3) is 1.00. The first-order chi connectivity index (χ1) is 5.95. The third-order valence-electron chi connectivity index (χ3n) is 3.43. The van der Waals surface area contributed by atoms with Crippen molar-refractivity contribution < 1.29 is 0 Å². The highest BCUT2D eigenvalue weighted by molar-refractivity contribution is 4.81. The third kappa shape index (κ3) is 2.22. The van der Waals surface area contributed by atoms with Gasteiger partial charge in [0.1, 0.15) is 0 Å². The molecule has 0 radical (unpaired) electrons. The van der Waals surface area contributed by atoms with Crippen molar-refractivity contribution in [3.8, 4) is 0 Å². The summed E-state index contributed by atoms with van der Waals surface area (Å²) in [6, 6.07) is 1.75. The minimum Gasteiger partial charge on any atom is -0.311 e. The molecule has 12 heavy (non-hydrogen) atoms. The van der Waals surface area contributed by atoms with E-state index in [1.54, 1.807) is 0 Å². The van der Waals surface area contributed by atoms with Crippen LogP contribution in [0.15, 0.2) is 0 Å². The van der Waals surface area contributed by atoms with Crippen molar-refractivity contribution in [2.75, 3.05) is 0 Å². The van der Waals surface area contributed by atoms with Crippen LogP contribution in [0.3, 0.4) is 0 Å². The summed E-state index contributed by atoms with van der Waals surface area (Å²) in [5.41, 5.74) is 0. The van der Waals surface area contributed by atoms with Gasteiger partial charge in [-0.15, -0.1) is 0 Å². The molecule has 2 atom stereocenters. The maximum Gasteiger partial charge on any atom is 0.00696 e. The van der Waals surface area contributed by atoms with Crippen LogP contribution in [0.2, 0.25) is 0 Å². The van der Waals surface area contributed by atoms with Crippen LogP contribution in [0.4, 0.5) is 0 Å². The molecule has 1 heteroatoms. The second-order valence-corrected chi connectivity index (χ2v) is 4.48. The molecular weight excluding hydrogens is 146 g/mol. The van der Waals surface area contributed by atoms with E-state index in [4.69, 9.17) is 0 Å². The third-order valence-corrected chi connectivity index (χ3v) is 3.43. The highest BCUT2D eigenvalue weighted by atomic mass is 15.0. The van der Waals surface area contributed by atoms with Gasteiger partial charge in [0.25, 0.3) is 0 Å². The zero-order valence-electron chi connectivity index (χ0n) is 8.02. The van der Waals surface area contributed by atoms with Gasteiger partial charge in [-0.25, -0.2) is 0 Å². The fourth-order valence-corrected chi connectivity index (χ4v) is 2.70. The van der Waals surface area contributed by atoms with Gasteiger partial charge < -0.3 is 5.32 Å². The van der Waals surface area contributed by atoms with Gasteiger partial charge in [0, 0.05) is 12.1 Å². The van der Waals surface area contributed by atoms with Crippen LogP contribution >= 0.6 is 0 Å². The van der Waals surface area contributed by atoms with Crippen molar-refractivity contribution in [1.82, 2.24) is 5.32 Å². The Kier molecular flexibility index (Phi) is 3.04. The van der Waals surface area contributed by atoms with Crippen LogP contribution in [0, 0.1) is 0 Å². The lowest BCUT2D eigenvalue weighted by Gasteiger charge is -2.30. The maximum absolute atomic E-state index is 3.80. The Morgan fingerprint density at radius 3 is 1.67 bits per heavy atom. The van der Waals surface area contributed by atoms with Crippen LogP contribution in [0.25, 0.3) is 0 Å². The number of piperidine rings is 1. The zero-order valence-corrected chi connectivity index (χ0v) is 8.02. The predicted octanol–water partition coefficient (Wildman–Crippen LogP) is 2.85. The summed E-state index contributed by atoms with van der Waals surface area (Å²) in [6.07, 6.45) is 13.1. The molecule has 2 bridgehead atoms. The largest absolute Gasteiger partial charge is 0.311 e. The number of hydrogen-bond acceptors (Lipinski definition) is 1. The molecule has 0 amide bonds. The summed E-state index contributed by atoms with van der Waals surface area (Å²) in [4.78, 5) is 0. The summed E-state index contributed by atoms with van der Waals surface area (Å²) in [5, 5.41) is 3.80. The normalized spacial score (nSPS) is 38.0. The molecule has 2 saturated heterocycles. The van der Waals surface area contributed by atoms with Gasteiger partial charge in [0.05, 0.1) is 0 Å². The Labute approximate surface area is 75.9 Å². The van der Waals surface area contributed by atoms with E-state index in [2.05, 4.69) is 5.32 Å². The highest BCUT2D eigenvalue weighted by Crippen LogP contribution is 2.23. The van der Waals surface area contributed by atoms with Gasteiger partial charge in [-0.05, 0) is 25.7 Å². The first-order valence-electron chi connectivity index (χ1n) is 5.71. The minimum absolute atomic E-state index is 0.877. The van der Waals surface area contributed by atoms with Gasteiger partial charge in [0.15, 0.2) is 0 Å². The first-order valence-corrected chi connectivity index (χ1v) is 5.71. The number of nitrogens with one attached hydrogen (secondary N) is 1. The van der Waals surface area contributed by atoms with Crippen molar-refractivity contribution in [2.24, 2.45) is 0 Å². The SMILES string of the molecule is C1CCCC2CCCC(CC1)N2. The Hall–Kier alpha value is -0.0400. The Bertz CT molecular complexity index is 119. The zero-order chi connectivity index (χ0) is 8.23. The van der Waals surface area contributed by atoms with Gasteiger partial charge >= 0.3 is 0 Å². The number of fused-ring (bicyclic) bond motifs is 2. The average molecular weight is 167 g/mol. The van der Waals surface area contributed by atoms with E-state index < -0.39 is 0 Å². The molecule has 2 fully saturated rings. The van der Waals surface area contributed by atoms with Crippen LogP contribution in [0.5, 0.6) is 0 Å². The quantitative estimate of drug-likeness (QED) is 0.585. The van der Waals surface area contributed by atoms with E-state index in [0.29, 0.717) is 0 Å². The highest BCUT2D eigenvalue weighted by Gasteiger charge is 2.20. The Morgan fingerprint density at radius 1 is 0.583 bits per heavy atom. The average Bonchev–Trinajstić information content (AvgIpc) is 2.17. The smallest absolute Gasteiger partial charge is 0.00696 e. The first kappa shape index (κ1) is 8.55. The lowest BCUT2D eigenvalue weighted by atomic mass is 9.94. The summed E-state index contributed by atoms with van der Waals surface area (Å²) in [5.74, 6) is 0. The topological polar surface area (TPSA) is 12.0 Å². The van der Waals surface area contributed by atoms with Gasteiger partial charge in [0.2, 0.25) is 0 Å². The number of hydrogen-bond donors (Lipinski definition) is 1. The summed E-state index contributed by atoms with van der Waals surface area (Å²) < 4.78 is 0. The molecule has 2 rings (SSSR count). The van der Waals surface area contributed by atoms with Crippen molar-refractivity contribution in [2.45, 2.75) is 69.9 Å². The van der Waals surface area contributed by atoms with Crippen molar-refractivity contribution in [3.05, 3.63) is 0 Å². The molecule has 1 N–H and O–H groups in total. The Balaban J connectivity index is 1.88. The molecule has 70 valence electrons. The summed E-state index contributed by atoms with van der Waals surface area (Å²) in [6.45, 7) is 0. The van der Waals surface area contributed by atoms with Gasteiger partial charge in [-0.2, -0.15) is 0 Å². The van der Waals surface area contributed by atoms with Crippen LogP contribution in [0.1, 0.15) is 57.8 Å². The van der Waals surface area contributed by atoms with E-state index in [1.165, 1.54) is 57.8 Å². The molecule has 2 aliphatic rings. The lowest BCUT2D eigenvalue weighted by molar-refractivity contribution is 0.299. The molecule has 0 spiro atoms. The van der Waals surface area contributed by atoms with Gasteiger partial charge in [-0.3, -0.25) is 0 Å². The van der Waals surface area contributed by atoms with E-state index in [9.17, 15) is 0 Å². The molecule has 2 aliphatic heterocycles. The molecule has 2 heterocycles. The summed E-state index contributed by atoms with van der Waals surface area (Å²) in [7, 11) is 0. The molecule has 0 aromatic heterocycles. The predicted molar refractivity (Wildman–Crippen MR) is 52.3 cm³/mol. The lowest BCUT2D eigenvalue weighted by Crippen LogP contribution is -2.41. The summed E-state index contributed by atoms with van der Waals surface area (Å²) >= 11 is 0. The van der Waals surface area contributed by atoms with E-state index in [-0.39, 0.29) is 0 Å². The van der Waals surface area contributed by atoms with Crippen LogP contribution in [-0.4, -0.2) is 12.1 Å². The van der Waals surface area contributed by atoms with Crippen molar-refractivity contribution >= 4 is 0 Å². The molecule has 0 saturated carbocycles. The molecule has 0 aromatic rings. The van der Waals surface area contributed by atoms with Crippen LogP contribution in [-0.2, 0) is 0 Å². The van der Waals surface area contributed by atoms with Crippen molar-refractivity contribution in [1.29, 1.82) is 0 Å². The van der Waals surface area contributed by atoms with Gasteiger partial charge in [-0.1, -0.05) is 32.1 Å². The second-order valence-electron chi connectivity index (χ2n) is 4.48. The molecule has 0 aromatic carbocycles. The Morgan fingerprint density at radius 2 is 1.08 bits per heavy atom. The fourth-order valence-electron chi connectivity index (χ4n) is 2.70. The second kappa shape index (κ2) is 4.27. The van der Waals surface area contributed by atoms with E-state index >= 15 is 0 Å². The van der Waals surface area contributed by atoms with E-state index in [1.807, 2.05) is 0 Å². The maximum atomic E-state index is 3.80. The van der Waals surface area contributed by atoms with Crippen LogP contribution < -0.4 is 5.32 Å². The monoisotopic (exact) mass is 167 g/mol. The standard InChI is InChI=1S/C11H21N/c1-2-4-7-11-9-5-8-10(12-11)6-3-1/h10-12H,1-9H2. The molecule has 2 unspecified atom stereocenters. The molecule has 1 nitrogen and oxygen atoms in total. The van der Waals surface area contributed by atoms with Crippen molar-refractivity contribution in [3.63, 3.8) is 0 Å².